The summed E-state index contributed by atoms with van der Waals surface area (Å²) >= 11 is 0. The number of aliphatic hydroxyl groups excluding tert-OH is 1. The zero-order valence-corrected chi connectivity index (χ0v) is 11.9. The van der Waals surface area contributed by atoms with Crippen LogP contribution in [0.2, 0.25) is 0 Å². The van der Waals surface area contributed by atoms with Crippen LogP contribution in [0.25, 0.3) is 0 Å². The quantitative estimate of drug-likeness (QED) is 0.693. The molecule has 106 valence electrons. The van der Waals surface area contributed by atoms with Crippen molar-refractivity contribution in [1.29, 1.82) is 0 Å². The lowest BCUT2D eigenvalue weighted by Crippen LogP contribution is -2.49. The normalized spacial score (nSPS) is 30.2. The maximum absolute atomic E-state index is 12.3. The van der Waals surface area contributed by atoms with Crippen molar-refractivity contribution in [3.8, 4) is 0 Å². The zero-order chi connectivity index (χ0) is 13.8. The van der Waals surface area contributed by atoms with Gasteiger partial charge in [0.1, 0.15) is 0 Å². The maximum Gasteiger partial charge on any atom is 0.227 e. The minimum absolute atomic E-state index is 0.0246. The summed E-state index contributed by atoms with van der Waals surface area (Å²) in [7, 11) is 0. The molecule has 0 aromatic carbocycles. The fourth-order valence-corrected chi connectivity index (χ4v) is 2.46. The van der Waals surface area contributed by atoms with Crippen LogP contribution in [0.3, 0.4) is 0 Å². The van der Waals surface area contributed by atoms with Crippen molar-refractivity contribution in [3.05, 3.63) is 0 Å². The van der Waals surface area contributed by atoms with Crippen molar-refractivity contribution < 1.29 is 9.90 Å². The molecule has 4 heteroatoms. The Labute approximate surface area is 110 Å². The molecule has 0 aromatic rings. The van der Waals surface area contributed by atoms with E-state index in [1.54, 1.807) is 0 Å². The molecule has 0 heterocycles. The minimum atomic E-state index is -0.480. The number of amides is 1. The number of aliphatic hydroxyl groups is 1. The molecule has 1 amide bonds. The van der Waals surface area contributed by atoms with Crippen molar-refractivity contribution in [3.63, 3.8) is 0 Å². The summed E-state index contributed by atoms with van der Waals surface area (Å²) < 4.78 is 0. The fraction of sp³-hybridized carbons (Fsp3) is 0.929. The average Bonchev–Trinajstić information content (AvgIpc) is 2.36. The molecule has 0 bridgehead atoms. The van der Waals surface area contributed by atoms with Crippen LogP contribution in [-0.2, 0) is 4.79 Å². The molecule has 0 aromatic heterocycles. The molecule has 1 fully saturated rings. The van der Waals surface area contributed by atoms with E-state index in [1.807, 2.05) is 13.8 Å². The van der Waals surface area contributed by atoms with E-state index < -0.39 is 11.5 Å². The molecule has 1 aliphatic rings. The molecule has 0 saturated heterocycles. The number of carbonyl (C=O) groups is 1. The molecule has 1 unspecified atom stereocenters. The smallest absolute Gasteiger partial charge is 0.227 e. The number of hydrogen-bond acceptors (Lipinski definition) is 3. The van der Waals surface area contributed by atoms with Gasteiger partial charge in [-0.1, -0.05) is 20.8 Å². The van der Waals surface area contributed by atoms with Gasteiger partial charge in [0.25, 0.3) is 0 Å². The number of rotatable bonds is 5. The third-order valence-electron chi connectivity index (χ3n) is 4.35. The van der Waals surface area contributed by atoms with E-state index in [0.29, 0.717) is 19.0 Å². The van der Waals surface area contributed by atoms with E-state index in [4.69, 9.17) is 5.73 Å². The predicted molar refractivity (Wildman–Crippen MR) is 73.0 cm³/mol. The summed E-state index contributed by atoms with van der Waals surface area (Å²) in [5.74, 6) is 0.876. The molecule has 1 aliphatic carbocycles. The molecular formula is C14H28N2O2. The summed E-state index contributed by atoms with van der Waals surface area (Å²) in [5.41, 5.74) is 5.43. The second kappa shape index (κ2) is 6.53. The van der Waals surface area contributed by atoms with Crippen LogP contribution in [0.4, 0.5) is 0 Å². The predicted octanol–water partition coefficient (Wildman–Crippen LogP) is 1.27. The van der Waals surface area contributed by atoms with Gasteiger partial charge in [0.2, 0.25) is 5.91 Å². The van der Waals surface area contributed by atoms with Gasteiger partial charge in [0.15, 0.2) is 0 Å². The van der Waals surface area contributed by atoms with Crippen molar-refractivity contribution in [1.82, 2.24) is 5.32 Å². The van der Waals surface area contributed by atoms with Crippen molar-refractivity contribution in [2.75, 3.05) is 13.1 Å². The number of hydrogen-bond donors (Lipinski definition) is 3. The second-order valence-corrected chi connectivity index (χ2v) is 6.19. The molecule has 0 aliphatic heterocycles. The fourth-order valence-electron chi connectivity index (χ4n) is 2.46. The van der Waals surface area contributed by atoms with Gasteiger partial charge in [-0.3, -0.25) is 4.79 Å². The Morgan fingerprint density at radius 1 is 1.44 bits per heavy atom. The van der Waals surface area contributed by atoms with Gasteiger partial charge >= 0.3 is 0 Å². The Balaban J connectivity index is 2.52. The van der Waals surface area contributed by atoms with Gasteiger partial charge in [-0.25, -0.2) is 0 Å². The first-order valence-corrected chi connectivity index (χ1v) is 7.07. The number of carbonyl (C=O) groups excluding carboxylic acids is 1. The third kappa shape index (κ3) is 3.69. The third-order valence-corrected chi connectivity index (χ3v) is 4.35. The molecule has 4 N–H and O–H groups in total. The lowest BCUT2D eigenvalue weighted by molar-refractivity contribution is -0.133. The highest BCUT2D eigenvalue weighted by Crippen LogP contribution is 2.38. The van der Waals surface area contributed by atoms with E-state index >= 15 is 0 Å². The second-order valence-electron chi connectivity index (χ2n) is 6.19. The topological polar surface area (TPSA) is 75.4 Å². The summed E-state index contributed by atoms with van der Waals surface area (Å²) in [5, 5.41) is 12.6. The Hall–Kier alpha value is -0.610. The Morgan fingerprint density at radius 3 is 2.44 bits per heavy atom. The van der Waals surface area contributed by atoms with Gasteiger partial charge < -0.3 is 16.2 Å². The van der Waals surface area contributed by atoms with E-state index in [-0.39, 0.29) is 11.8 Å². The summed E-state index contributed by atoms with van der Waals surface area (Å²) in [6.07, 6.45) is 3.39. The molecule has 0 radical (unpaired) electrons. The van der Waals surface area contributed by atoms with Gasteiger partial charge in [-0.2, -0.15) is 0 Å². The summed E-state index contributed by atoms with van der Waals surface area (Å²) in [4.78, 5) is 12.3. The summed E-state index contributed by atoms with van der Waals surface area (Å²) in [6, 6.07) is 0. The largest absolute Gasteiger partial charge is 0.391 e. The van der Waals surface area contributed by atoms with Crippen molar-refractivity contribution >= 4 is 5.91 Å². The molecule has 1 saturated carbocycles. The van der Waals surface area contributed by atoms with Crippen LogP contribution in [-0.4, -0.2) is 30.2 Å². The van der Waals surface area contributed by atoms with Crippen molar-refractivity contribution in [2.24, 2.45) is 23.0 Å². The lowest BCUT2D eigenvalue weighted by atomic mass is 9.70. The summed E-state index contributed by atoms with van der Waals surface area (Å²) in [6.45, 7) is 6.84. The molecular weight excluding hydrogens is 228 g/mol. The highest BCUT2D eigenvalue weighted by molar-refractivity contribution is 5.83. The van der Waals surface area contributed by atoms with Gasteiger partial charge in [-0.05, 0) is 37.5 Å². The maximum atomic E-state index is 12.3. The molecule has 1 atom stereocenters. The van der Waals surface area contributed by atoms with Crippen LogP contribution in [0.1, 0.15) is 46.5 Å². The van der Waals surface area contributed by atoms with Crippen LogP contribution in [0.15, 0.2) is 0 Å². The molecule has 4 nitrogen and oxygen atoms in total. The van der Waals surface area contributed by atoms with E-state index in [0.717, 1.165) is 25.7 Å². The SMILES string of the molecule is CC1CCC(CN)(C(=O)NCC(O)C(C)C)CC1. The van der Waals surface area contributed by atoms with E-state index in [1.165, 1.54) is 0 Å². The Bertz CT molecular complexity index is 271. The van der Waals surface area contributed by atoms with Gasteiger partial charge in [0, 0.05) is 13.1 Å². The van der Waals surface area contributed by atoms with Crippen LogP contribution < -0.4 is 11.1 Å². The number of nitrogens with two attached hydrogens (primary N) is 1. The number of nitrogens with one attached hydrogen (secondary N) is 1. The molecule has 0 spiro atoms. The van der Waals surface area contributed by atoms with Crippen LogP contribution in [0, 0.1) is 17.3 Å². The molecule has 1 rings (SSSR count). The monoisotopic (exact) mass is 256 g/mol. The highest BCUT2D eigenvalue weighted by atomic mass is 16.3. The standard InChI is InChI=1S/C14H28N2O2/c1-10(2)12(17)8-16-13(18)14(9-15)6-4-11(3)5-7-14/h10-12,17H,4-9,15H2,1-3H3,(H,16,18). The highest BCUT2D eigenvalue weighted by Gasteiger charge is 2.39. The Morgan fingerprint density at radius 2 is 2.00 bits per heavy atom. The lowest BCUT2D eigenvalue weighted by Gasteiger charge is -2.37. The van der Waals surface area contributed by atoms with Crippen LogP contribution >= 0.6 is 0 Å². The molecule has 18 heavy (non-hydrogen) atoms. The minimum Gasteiger partial charge on any atom is -0.391 e. The van der Waals surface area contributed by atoms with Crippen LogP contribution in [0.5, 0.6) is 0 Å². The average molecular weight is 256 g/mol. The van der Waals surface area contributed by atoms with E-state index in [2.05, 4.69) is 12.2 Å². The Kier molecular flexibility index (Phi) is 5.60. The van der Waals surface area contributed by atoms with Gasteiger partial charge in [-0.15, -0.1) is 0 Å². The first-order chi connectivity index (χ1) is 8.41. The first-order valence-electron chi connectivity index (χ1n) is 7.07. The van der Waals surface area contributed by atoms with Gasteiger partial charge in [0.05, 0.1) is 11.5 Å². The van der Waals surface area contributed by atoms with E-state index in [9.17, 15) is 9.90 Å². The first kappa shape index (κ1) is 15.4. The zero-order valence-electron chi connectivity index (χ0n) is 11.9. The van der Waals surface area contributed by atoms with Crippen molar-refractivity contribution in [2.45, 2.75) is 52.6 Å².